The van der Waals surface area contributed by atoms with Crippen LogP contribution in [-0.4, -0.2) is 30.9 Å². The molecule has 3 heterocycles. The Labute approximate surface area is 111 Å². The second-order valence-electron chi connectivity index (χ2n) is 4.66. The molecule has 19 heavy (non-hydrogen) atoms. The molecule has 0 aromatic carbocycles. The third kappa shape index (κ3) is 2.73. The van der Waals surface area contributed by atoms with Crippen LogP contribution in [0.4, 0.5) is 5.82 Å². The van der Waals surface area contributed by atoms with E-state index >= 15 is 0 Å². The number of anilines is 1. The summed E-state index contributed by atoms with van der Waals surface area (Å²) in [5.41, 5.74) is 0.857. The topological polar surface area (TPSA) is 60.0 Å². The fraction of sp³-hybridized carbons (Fsp3) is 0.308. The summed E-state index contributed by atoms with van der Waals surface area (Å²) in [6.45, 7) is 3.94. The summed E-state index contributed by atoms with van der Waals surface area (Å²) in [5.74, 6) is 1.33. The minimum Gasteiger partial charge on any atom is -0.368 e. The number of nitrogens with one attached hydrogen (secondary N) is 1. The van der Waals surface area contributed by atoms with E-state index in [1.165, 1.54) is 0 Å². The second kappa shape index (κ2) is 5.09. The zero-order chi connectivity index (χ0) is 13.1. The van der Waals surface area contributed by atoms with E-state index in [0.717, 1.165) is 24.6 Å². The molecule has 98 valence electrons. The fourth-order valence-electron chi connectivity index (χ4n) is 1.98. The number of imidazole rings is 1. The molecular formula is C13H16N6. The summed E-state index contributed by atoms with van der Waals surface area (Å²) in [6, 6.07) is 5.84. The van der Waals surface area contributed by atoms with Crippen molar-refractivity contribution in [2.24, 2.45) is 5.92 Å². The predicted molar refractivity (Wildman–Crippen MR) is 72.9 cm³/mol. The Bertz CT molecular complexity index is 642. The van der Waals surface area contributed by atoms with E-state index < -0.39 is 0 Å². The standard InChI is InChI=1S/C13H16N6/c1-11(10-18-7-2-5-16-18)9-15-12-3-4-13-14-6-8-19(13)17-12/h2-8,11H,9-10H2,1H3,(H,15,17)/t11-/m1/s1. The summed E-state index contributed by atoms with van der Waals surface area (Å²) in [5, 5.41) is 12.0. The largest absolute Gasteiger partial charge is 0.368 e. The van der Waals surface area contributed by atoms with Gasteiger partial charge in [-0.25, -0.2) is 9.50 Å². The maximum absolute atomic E-state index is 4.42. The average molecular weight is 256 g/mol. The van der Waals surface area contributed by atoms with Crippen LogP contribution in [0.2, 0.25) is 0 Å². The number of fused-ring (bicyclic) bond motifs is 1. The molecule has 0 bridgehead atoms. The van der Waals surface area contributed by atoms with Crippen LogP contribution in [0.3, 0.4) is 0 Å². The summed E-state index contributed by atoms with van der Waals surface area (Å²) >= 11 is 0. The molecule has 0 spiro atoms. The van der Waals surface area contributed by atoms with Crippen molar-refractivity contribution < 1.29 is 0 Å². The van der Waals surface area contributed by atoms with Gasteiger partial charge in [0.25, 0.3) is 0 Å². The maximum atomic E-state index is 4.42. The Morgan fingerprint density at radius 3 is 3.05 bits per heavy atom. The Morgan fingerprint density at radius 2 is 2.21 bits per heavy atom. The second-order valence-corrected chi connectivity index (χ2v) is 4.66. The molecule has 0 unspecified atom stereocenters. The number of aromatic nitrogens is 5. The first kappa shape index (κ1) is 11.7. The molecule has 3 aromatic heterocycles. The van der Waals surface area contributed by atoms with E-state index in [4.69, 9.17) is 0 Å². The SMILES string of the molecule is C[C@H](CNc1ccc2nccn2n1)Cn1cccn1. The molecule has 1 N–H and O–H groups in total. The quantitative estimate of drug-likeness (QED) is 0.754. The lowest BCUT2D eigenvalue weighted by molar-refractivity contribution is 0.467. The smallest absolute Gasteiger partial charge is 0.153 e. The van der Waals surface area contributed by atoms with Gasteiger partial charge >= 0.3 is 0 Å². The molecule has 0 aliphatic carbocycles. The van der Waals surface area contributed by atoms with Crippen LogP contribution >= 0.6 is 0 Å². The van der Waals surface area contributed by atoms with Gasteiger partial charge in [-0.1, -0.05) is 6.92 Å². The van der Waals surface area contributed by atoms with Gasteiger partial charge in [0.2, 0.25) is 0 Å². The number of nitrogens with zero attached hydrogens (tertiary/aromatic N) is 5. The van der Waals surface area contributed by atoms with Crippen LogP contribution in [0, 0.1) is 5.92 Å². The zero-order valence-corrected chi connectivity index (χ0v) is 10.8. The summed E-state index contributed by atoms with van der Waals surface area (Å²) in [7, 11) is 0. The van der Waals surface area contributed by atoms with Crippen LogP contribution < -0.4 is 5.32 Å². The van der Waals surface area contributed by atoms with Crippen LogP contribution in [0.25, 0.3) is 5.65 Å². The monoisotopic (exact) mass is 256 g/mol. The van der Waals surface area contributed by atoms with Crippen molar-refractivity contribution in [1.29, 1.82) is 0 Å². The normalized spacial score (nSPS) is 12.7. The van der Waals surface area contributed by atoms with Crippen molar-refractivity contribution in [3.05, 3.63) is 43.0 Å². The minimum absolute atomic E-state index is 0.472. The summed E-state index contributed by atoms with van der Waals surface area (Å²) < 4.78 is 3.71. The molecule has 0 aliphatic heterocycles. The Balaban J connectivity index is 1.59. The lowest BCUT2D eigenvalue weighted by atomic mass is 10.2. The van der Waals surface area contributed by atoms with Crippen LogP contribution in [0.5, 0.6) is 0 Å². The highest BCUT2D eigenvalue weighted by molar-refractivity contribution is 5.43. The van der Waals surface area contributed by atoms with Gasteiger partial charge in [-0.15, -0.1) is 5.10 Å². The van der Waals surface area contributed by atoms with Gasteiger partial charge in [0, 0.05) is 37.9 Å². The first-order valence-electron chi connectivity index (χ1n) is 6.33. The first-order chi connectivity index (χ1) is 9.31. The number of hydrogen-bond donors (Lipinski definition) is 1. The first-order valence-corrected chi connectivity index (χ1v) is 6.33. The molecular weight excluding hydrogens is 240 g/mol. The van der Waals surface area contributed by atoms with Crippen LogP contribution in [0.1, 0.15) is 6.92 Å². The summed E-state index contributed by atoms with van der Waals surface area (Å²) in [4.78, 5) is 4.17. The highest BCUT2D eigenvalue weighted by Gasteiger charge is 2.04. The Morgan fingerprint density at radius 1 is 1.26 bits per heavy atom. The molecule has 0 saturated heterocycles. The fourth-order valence-corrected chi connectivity index (χ4v) is 1.98. The van der Waals surface area contributed by atoms with E-state index in [9.17, 15) is 0 Å². The Kier molecular flexibility index (Phi) is 3.14. The van der Waals surface area contributed by atoms with Crippen molar-refractivity contribution in [3.8, 4) is 0 Å². The van der Waals surface area contributed by atoms with Gasteiger partial charge in [-0.05, 0) is 24.1 Å². The molecule has 3 rings (SSSR count). The van der Waals surface area contributed by atoms with Crippen molar-refractivity contribution in [2.75, 3.05) is 11.9 Å². The molecule has 3 aromatic rings. The van der Waals surface area contributed by atoms with E-state index in [1.54, 1.807) is 16.9 Å². The van der Waals surface area contributed by atoms with Crippen molar-refractivity contribution in [1.82, 2.24) is 24.4 Å². The van der Waals surface area contributed by atoms with Gasteiger partial charge in [-0.2, -0.15) is 5.10 Å². The molecule has 6 nitrogen and oxygen atoms in total. The highest BCUT2D eigenvalue weighted by Crippen LogP contribution is 2.07. The lowest BCUT2D eigenvalue weighted by Gasteiger charge is -2.13. The van der Waals surface area contributed by atoms with Gasteiger partial charge in [0.05, 0.1) is 0 Å². The van der Waals surface area contributed by atoms with Crippen LogP contribution in [-0.2, 0) is 6.54 Å². The molecule has 0 fully saturated rings. The van der Waals surface area contributed by atoms with Crippen LogP contribution in [0.15, 0.2) is 43.0 Å². The molecule has 6 heteroatoms. The van der Waals surface area contributed by atoms with Gasteiger partial charge in [-0.3, -0.25) is 4.68 Å². The Hall–Kier alpha value is -2.37. The molecule has 0 aliphatic rings. The third-order valence-corrected chi connectivity index (χ3v) is 2.94. The van der Waals surface area contributed by atoms with E-state index in [1.807, 2.05) is 35.3 Å². The van der Waals surface area contributed by atoms with E-state index in [2.05, 4.69) is 27.4 Å². The zero-order valence-electron chi connectivity index (χ0n) is 10.8. The number of rotatable bonds is 5. The van der Waals surface area contributed by atoms with Gasteiger partial charge < -0.3 is 5.32 Å². The van der Waals surface area contributed by atoms with E-state index in [-0.39, 0.29) is 0 Å². The highest BCUT2D eigenvalue weighted by atomic mass is 15.3. The van der Waals surface area contributed by atoms with Crippen molar-refractivity contribution in [3.63, 3.8) is 0 Å². The maximum Gasteiger partial charge on any atom is 0.153 e. The third-order valence-electron chi connectivity index (χ3n) is 2.94. The average Bonchev–Trinajstić information content (AvgIpc) is 3.06. The predicted octanol–water partition coefficient (Wildman–Crippen LogP) is 1.67. The van der Waals surface area contributed by atoms with E-state index in [0.29, 0.717) is 5.92 Å². The molecule has 0 amide bonds. The van der Waals surface area contributed by atoms with Crippen molar-refractivity contribution in [2.45, 2.75) is 13.5 Å². The molecule has 0 saturated carbocycles. The van der Waals surface area contributed by atoms with Crippen molar-refractivity contribution >= 4 is 11.5 Å². The number of hydrogen-bond acceptors (Lipinski definition) is 4. The van der Waals surface area contributed by atoms with Gasteiger partial charge in [0.1, 0.15) is 5.82 Å². The van der Waals surface area contributed by atoms with Gasteiger partial charge in [0.15, 0.2) is 5.65 Å². The minimum atomic E-state index is 0.472. The summed E-state index contributed by atoms with van der Waals surface area (Å²) in [6.07, 6.45) is 7.36. The molecule has 1 atom stereocenters. The lowest BCUT2D eigenvalue weighted by Crippen LogP contribution is -2.18. The molecule has 0 radical (unpaired) electrons.